The average Bonchev–Trinajstić information content (AvgIpc) is 2.48. The van der Waals surface area contributed by atoms with E-state index in [-0.39, 0.29) is 5.91 Å². The molecule has 1 aromatic carbocycles. The molecule has 1 saturated heterocycles. The monoisotopic (exact) mass is 325 g/mol. The number of hydrogen-bond donors (Lipinski definition) is 1. The van der Waals surface area contributed by atoms with Crippen LogP contribution in [0.15, 0.2) is 18.2 Å². The molecule has 0 unspecified atom stereocenters. The third-order valence-corrected chi connectivity index (χ3v) is 3.96. The maximum Gasteiger partial charge on any atom is 0.234 e. The Morgan fingerprint density at radius 3 is 2.73 bits per heavy atom. The smallest absolute Gasteiger partial charge is 0.234 e. The van der Waals surface area contributed by atoms with Crippen LogP contribution in [0.4, 0.5) is 0 Å². The maximum absolute atomic E-state index is 11.9. The molecule has 122 valence electrons. The lowest BCUT2D eigenvalue weighted by Gasteiger charge is -2.32. The summed E-state index contributed by atoms with van der Waals surface area (Å²) in [4.78, 5) is 14.1. The summed E-state index contributed by atoms with van der Waals surface area (Å²) in [6.07, 6.45) is 1.17. The van der Waals surface area contributed by atoms with Crippen LogP contribution in [-0.4, -0.2) is 55.6 Å². The number of rotatable bonds is 6. The molecular formula is C16H24ClN3O2. The van der Waals surface area contributed by atoms with Crippen LogP contribution < -0.4 is 10.2 Å². The molecule has 0 bridgehead atoms. The molecule has 1 fully saturated rings. The van der Waals surface area contributed by atoms with Gasteiger partial charge in [-0.3, -0.25) is 10.2 Å². The van der Waals surface area contributed by atoms with Gasteiger partial charge in [-0.25, -0.2) is 5.01 Å². The van der Waals surface area contributed by atoms with Gasteiger partial charge in [-0.2, -0.15) is 0 Å². The first kappa shape index (κ1) is 17.1. The van der Waals surface area contributed by atoms with Crippen molar-refractivity contribution in [3.05, 3.63) is 28.8 Å². The van der Waals surface area contributed by atoms with Crippen LogP contribution in [0.25, 0.3) is 0 Å². The van der Waals surface area contributed by atoms with Crippen LogP contribution in [0, 0.1) is 6.92 Å². The number of hydrogen-bond acceptors (Lipinski definition) is 4. The van der Waals surface area contributed by atoms with Crippen molar-refractivity contribution in [1.29, 1.82) is 0 Å². The first-order valence-corrected chi connectivity index (χ1v) is 8.04. The minimum atomic E-state index is 0.0565. The van der Waals surface area contributed by atoms with Crippen molar-refractivity contribution in [3.63, 3.8) is 0 Å². The zero-order chi connectivity index (χ0) is 15.9. The summed E-state index contributed by atoms with van der Waals surface area (Å²) in [7, 11) is 2.09. The van der Waals surface area contributed by atoms with E-state index in [9.17, 15) is 4.79 Å². The van der Waals surface area contributed by atoms with E-state index in [1.165, 1.54) is 0 Å². The Morgan fingerprint density at radius 2 is 2.05 bits per heavy atom. The number of hydrazine groups is 1. The number of amides is 1. The van der Waals surface area contributed by atoms with Gasteiger partial charge in [0.25, 0.3) is 0 Å². The molecule has 5 nitrogen and oxygen atoms in total. The Morgan fingerprint density at radius 1 is 1.32 bits per heavy atom. The number of halogens is 1. The molecule has 0 atom stereocenters. The molecule has 1 aliphatic rings. The molecule has 0 saturated carbocycles. The number of carbonyl (C=O) groups is 1. The Labute approximate surface area is 137 Å². The van der Waals surface area contributed by atoms with Crippen molar-refractivity contribution in [3.8, 4) is 5.75 Å². The quantitative estimate of drug-likeness (QED) is 0.813. The lowest BCUT2D eigenvalue weighted by Crippen LogP contribution is -2.52. The highest BCUT2D eigenvalue weighted by Gasteiger charge is 2.15. The van der Waals surface area contributed by atoms with Gasteiger partial charge >= 0.3 is 0 Å². The highest BCUT2D eigenvalue weighted by atomic mass is 35.5. The van der Waals surface area contributed by atoms with Crippen molar-refractivity contribution >= 4 is 17.5 Å². The van der Waals surface area contributed by atoms with E-state index in [1.54, 1.807) is 0 Å². The standard InChI is InChI=1S/C16H24ClN3O2/c1-13-12-14(17)5-6-15(13)22-11-3-4-16(21)18-20-9-7-19(2)8-10-20/h5-6,12H,3-4,7-11H2,1-2H3,(H,18,21). The molecule has 1 aliphatic heterocycles. The predicted octanol–water partition coefficient (Wildman–Crippen LogP) is 2.09. The van der Waals surface area contributed by atoms with Gasteiger partial charge in [0.05, 0.1) is 6.61 Å². The number of ether oxygens (including phenoxy) is 1. The van der Waals surface area contributed by atoms with Crippen LogP contribution in [-0.2, 0) is 4.79 Å². The molecule has 0 radical (unpaired) electrons. The third-order valence-electron chi connectivity index (χ3n) is 3.73. The number of nitrogens with one attached hydrogen (secondary N) is 1. The zero-order valence-electron chi connectivity index (χ0n) is 13.3. The van der Waals surface area contributed by atoms with Gasteiger partial charge in [-0.05, 0) is 44.2 Å². The Kier molecular flexibility index (Phi) is 6.49. The van der Waals surface area contributed by atoms with Gasteiger partial charge in [-0.1, -0.05) is 11.6 Å². The second-order valence-corrected chi connectivity index (χ2v) is 6.12. The van der Waals surface area contributed by atoms with Crippen molar-refractivity contribution in [2.45, 2.75) is 19.8 Å². The number of likely N-dealkylation sites (N-methyl/N-ethyl adjacent to an activating group) is 1. The largest absolute Gasteiger partial charge is 0.493 e. The van der Waals surface area contributed by atoms with Crippen molar-refractivity contribution < 1.29 is 9.53 Å². The topological polar surface area (TPSA) is 44.8 Å². The Hall–Kier alpha value is -1.30. The first-order chi connectivity index (χ1) is 10.5. The van der Waals surface area contributed by atoms with Crippen molar-refractivity contribution in [2.24, 2.45) is 0 Å². The summed E-state index contributed by atoms with van der Waals surface area (Å²) in [5.74, 6) is 0.879. The molecule has 22 heavy (non-hydrogen) atoms. The fourth-order valence-corrected chi connectivity index (χ4v) is 2.57. The summed E-state index contributed by atoms with van der Waals surface area (Å²) in [6.45, 7) is 6.21. The van der Waals surface area contributed by atoms with Gasteiger partial charge in [-0.15, -0.1) is 0 Å². The summed E-state index contributed by atoms with van der Waals surface area (Å²) >= 11 is 5.91. The molecule has 1 aromatic rings. The second kappa shape index (κ2) is 8.36. The van der Waals surface area contributed by atoms with Gasteiger partial charge in [0.15, 0.2) is 0 Å². The fourth-order valence-electron chi connectivity index (χ4n) is 2.34. The number of carbonyl (C=O) groups excluding carboxylic acids is 1. The molecule has 1 heterocycles. The van der Waals surface area contributed by atoms with Crippen molar-refractivity contribution in [2.75, 3.05) is 39.8 Å². The normalized spacial score (nSPS) is 16.5. The van der Waals surface area contributed by atoms with Crippen LogP contribution >= 0.6 is 11.6 Å². The third kappa shape index (κ3) is 5.48. The van der Waals surface area contributed by atoms with Crippen LogP contribution in [0.5, 0.6) is 5.75 Å². The van der Waals surface area contributed by atoms with E-state index < -0.39 is 0 Å². The molecule has 2 rings (SSSR count). The number of benzene rings is 1. The summed E-state index contributed by atoms with van der Waals surface area (Å²) in [6, 6.07) is 5.54. The van der Waals surface area contributed by atoms with Gasteiger partial charge in [0.2, 0.25) is 5.91 Å². The number of nitrogens with zero attached hydrogens (tertiary/aromatic N) is 2. The minimum Gasteiger partial charge on any atom is -0.493 e. The van der Waals surface area contributed by atoms with E-state index in [4.69, 9.17) is 16.3 Å². The molecule has 0 spiro atoms. The van der Waals surface area contributed by atoms with Crippen LogP contribution in [0.2, 0.25) is 5.02 Å². The average molecular weight is 326 g/mol. The Bertz CT molecular complexity index is 502. The summed E-state index contributed by atoms with van der Waals surface area (Å²) in [5.41, 5.74) is 3.96. The molecule has 0 aromatic heterocycles. The minimum absolute atomic E-state index is 0.0565. The molecule has 1 N–H and O–H groups in total. The zero-order valence-corrected chi connectivity index (χ0v) is 14.0. The summed E-state index contributed by atoms with van der Waals surface area (Å²) in [5, 5.41) is 2.70. The highest BCUT2D eigenvalue weighted by Crippen LogP contribution is 2.21. The van der Waals surface area contributed by atoms with E-state index in [0.717, 1.165) is 37.5 Å². The SMILES string of the molecule is Cc1cc(Cl)ccc1OCCCC(=O)NN1CCN(C)CC1. The van der Waals surface area contributed by atoms with E-state index >= 15 is 0 Å². The van der Waals surface area contributed by atoms with E-state index in [2.05, 4.69) is 17.4 Å². The summed E-state index contributed by atoms with van der Waals surface area (Å²) < 4.78 is 5.69. The van der Waals surface area contributed by atoms with Crippen LogP contribution in [0.3, 0.4) is 0 Å². The van der Waals surface area contributed by atoms with Gasteiger partial charge in [0.1, 0.15) is 5.75 Å². The maximum atomic E-state index is 11.9. The first-order valence-electron chi connectivity index (χ1n) is 7.66. The Balaban J connectivity index is 1.62. The lowest BCUT2D eigenvalue weighted by atomic mass is 10.2. The van der Waals surface area contributed by atoms with Gasteiger partial charge < -0.3 is 9.64 Å². The van der Waals surface area contributed by atoms with Crippen LogP contribution in [0.1, 0.15) is 18.4 Å². The second-order valence-electron chi connectivity index (χ2n) is 5.69. The highest BCUT2D eigenvalue weighted by molar-refractivity contribution is 6.30. The lowest BCUT2D eigenvalue weighted by molar-refractivity contribution is -0.126. The molecule has 1 amide bonds. The van der Waals surface area contributed by atoms with Gasteiger partial charge in [0, 0.05) is 37.6 Å². The molecular weight excluding hydrogens is 302 g/mol. The number of aryl methyl sites for hydroxylation is 1. The molecule has 0 aliphatic carbocycles. The van der Waals surface area contributed by atoms with E-state index in [1.807, 2.05) is 30.1 Å². The molecule has 6 heteroatoms. The predicted molar refractivity (Wildman–Crippen MR) is 88.1 cm³/mol. The van der Waals surface area contributed by atoms with E-state index in [0.29, 0.717) is 24.5 Å². The number of piperazine rings is 1. The fraction of sp³-hybridized carbons (Fsp3) is 0.562. The van der Waals surface area contributed by atoms with Crippen molar-refractivity contribution in [1.82, 2.24) is 15.3 Å².